The van der Waals surface area contributed by atoms with E-state index in [-0.39, 0.29) is 17.4 Å². The van der Waals surface area contributed by atoms with E-state index >= 15 is 0 Å². The Morgan fingerprint density at radius 1 is 1.04 bits per heavy atom. The number of halogens is 1. The van der Waals surface area contributed by atoms with Gasteiger partial charge in [-0.2, -0.15) is 0 Å². The number of ether oxygens (including phenoxy) is 1. The molecular weight excluding hydrogens is 358 g/mol. The second kappa shape index (κ2) is 8.35. The van der Waals surface area contributed by atoms with E-state index in [4.69, 9.17) is 16.3 Å². The van der Waals surface area contributed by atoms with Gasteiger partial charge in [-0.05, 0) is 67.5 Å². The Labute approximate surface area is 168 Å². The fourth-order valence-corrected chi connectivity index (χ4v) is 3.03. The highest BCUT2D eigenvalue weighted by atomic mass is 35.5. The van der Waals surface area contributed by atoms with Crippen molar-refractivity contribution in [1.82, 2.24) is 5.32 Å². The van der Waals surface area contributed by atoms with Gasteiger partial charge >= 0.3 is 0 Å². The van der Waals surface area contributed by atoms with Crippen LogP contribution in [0.3, 0.4) is 0 Å². The van der Waals surface area contributed by atoms with E-state index in [0.717, 1.165) is 21.7 Å². The number of aryl methyl sites for hydroxylation is 2. The zero-order valence-electron chi connectivity index (χ0n) is 17.3. The van der Waals surface area contributed by atoms with Crippen molar-refractivity contribution in [3.05, 3.63) is 63.7 Å². The molecule has 2 aromatic carbocycles. The van der Waals surface area contributed by atoms with E-state index in [0.29, 0.717) is 5.75 Å². The van der Waals surface area contributed by atoms with Crippen molar-refractivity contribution in [3.63, 3.8) is 0 Å². The summed E-state index contributed by atoms with van der Waals surface area (Å²) in [4.78, 5) is 12.5. The third-order valence-electron chi connectivity index (χ3n) is 4.73. The highest BCUT2D eigenvalue weighted by Crippen LogP contribution is 2.27. The average molecular weight is 388 g/mol. The van der Waals surface area contributed by atoms with Crippen molar-refractivity contribution in [1.29, 1.82) is 0 Å². The van der Waals surface area contributed by atoms with Crippen LogP contribution in [-0.2, 0) is 10.2 Å². The van der Waals surface area contributed by atoms with E-state index in [1.807, 2.05) is 32.9 Å². The highest BCUT2D eigenvalue weighted by Gasteiger charge is 2.19. The third kappa shape index (κ3) is 5.49. The minimum atomic E-state index is -0.596. The lowest BCUT2D eigenvalue weighted by Gasteiger charge is -2.22. The second-order valence-electron chi connectivity index (χ2n) is 8.23. The molecule has 2 atom stereocenters. The molecule has 146 valence electrons. The SMILES string of the molecule is Cc1cc(O[C@H](C)C(=O)N[C@@H](C)c2ccc(C(C)(C)C)cc2)cc(C)c1Cl. The first-order chi connectivity index (χ1) is 12.5. The summed E-state index contributed by atoms with van der Waals surface area (Å²) in [5, 5.41) is 3.75. The Kier molecular flexibility index (Phi) is 6.59. The Balaban J connectivity index is 2.01. The summed E-state index contributed by atoms with van der Waals surface area (Å²) < 4.78 is 5.82. The van der Waals surface area contributed by atoms with Gasteiger partial charge in [0.1, 0.15) is 5.75 Å². The molecule has 0 radical (unpaired) electrons. The summed E-state index contributed by atoms with van der Waals surface area (Å²) in [6.45, 7) is 14.1. The molecule has 0 fully saturated rings. The minimum Gasteiger partial charge on any atom is -0.481 e. The van der Waals surface area contributed by atoms with E-state index in [1.165, 1.54) is 5.56 Å². The summed E-state index contributed by atoms with van der Waals surface area (Å²) >= 11 is 6.19. The summed E-state index contributed by atoms with van der Waals surface area (Å²) in [6.07, 6.45) is -0.596. The smallest absolute Gasteiger partial charge is 0.261 e. The number of amides is 1. The largest absolute Gasteiger partial charge is 0.481 e. The first-order valence-corrected chi connectivity index (χ1v) is 9.71. The molecule has 0 saturated carbocycles. The molecule has 0 bridgehead atoms. The molecule has 3 nitrogen and oxygen atoms in total. The van der Waals surface area contributed by atoms with Gasteiger partial charge in [-0.1, -0.05) is 56.6 Å². The quantitative estimate of drug-likeness (QED) is 0.693. The van der Waals surface area contributed by atoms with Crippen LogP contribution in [0, 0.1) is 13.8 Å². The average Bonchev–Trinajstić information content (AvgIpc) is 2.58. The number of hydrogen-bond donors (Lipinski definition) is 1. The Morgan fingerprint density at radius 3 is 2.04 bits per heavy atom. The van der Waals surface area contributed by atoms with Crippen LogP contribution in [0.2, 0.25) is 5.02 Å². The molecule has 0 saturated heterocycles. The van der Waals surface area contributed by atoms with Gasteiger partial charge in [0.2, 0.25) is 0 Å². The zero-order chi connectivity index (χ0) is 20.4. The number of nitrogens with one attached hydrogen (secondary N) is 1. The molecule has 0 aliphatic rings. The molecule has 0 aliphatic heterocycles. The first kappa shape index (κ1) is 21.3. The monoisotopic (exact) mass is 387 g/mol. The van der Waals surface area contributed by atoms with Crippen LogP contribution in [0.25, 0.3) is 0 Å². The van der Waals surface area contributed by atoms with Gasteiger partial charge in [-0.3, -0.25) is 4.79 Å². The van der Waals surface area contributed by atoms with Gasteiger partial charge in [-0.15, -0.1) is 0 Å². The van der Waals surface area contributed by atoms with Crippen molar-refractivity contribution in [2.75, 3.05) is 0 Å². The normalized spacial score (nSPS) is 13.8. The lowest BCUT2D eigenvalue weighted by atomic mass is 9.86. The predicted molar refractivity (Wildman–Crippen MR) is 113 cm³/mol. The molecule has 2 aromatic rings. The van der Waals surface area contributed by atoms with Gasteiger partial charge in [0.25, 0.3) is 5.91 Å². The van der Waals surface area contributed by atoms with Gasteiger partial charge < -0.3 is 10.1 Å². The van der Waals surface area contributed by atoms with Crippen LogP contribution in [0.5, 0.6) is 5.75 Å². The van der Waals surface area contributed by atoms with Crippen LogP contribution < -0.4 is 10.1 Å². The molecule has 0 heterocycles. The van der Waals surface area contributed by atoms with E-state index in [1.54, 1.807) is 6.92 Å². The third-order valence-corrected chi connectivity index (χ3v) is 5.32. The molecule has 2 rings (SSSR count). The highest BCUT2D eigenvalue weighted by molar-refractivity contribution is 6.32. The molecule has 0 unspecified atom stereocenters. The van der Waals surface area contributed by atoms with Crippen LogP contribution in [0.4, 0.5) is 0 Å². The molecular formula is C23H30ClNO2. The minimum absolute atomic E-state index is 0.0914. The van der Waals surface area contributed by atoms with Crippen LogP contribution >= 0.6 is 11.6 Å². The molecule has 0 aromatic heterocycles. The topological polar surface area (TPSA) is 38.3 Å². The molecule has 0 spiro atoms. The van der Waals surface area contributed by atoms with Crippen molar-refractivity contribution < 1.29 is 9.53 Å². The van der Waals surface area contributed by atoms with Crippen molar-refractivity contribution in [3.8, 4) is 5.75 Å². The number of carbonyl (C=O) groups excluding carboxylic acids is 1. The summed E-state index contributed by atoms with van der Waals surface area (Å²) in [5.74, 6) is 0.506. The fourth-order valence-electron chi connectivity index (χ4n) is 2.92. The lowest BCUT2D eigenvalue weighted by molar-refractivity contribution is -0.127. The van der Waals surface area contributed by atoms with Gasteiger partial charge in [0, 0.05) is 5.02 Å². The van der Waals surface area contributed by atoms with Crippen LogP contribution in [-0.4, -0.2) is 12.0 Å². The summed E-state index contributed by atoms with van der Waals surface area (Å²) in [5.41, 5.74) is 4.33. The standard InChI is InChI=1S/C23H30ClNO2/c1-14-12-20(13-15(2)21(14)24)27-17(4)22(26)25-16(3)18-8-10-19(11-9-18)23(5,6)7/h8-13,16-17H,1-7H3,(H,25,26)/t16-,17+/m0/s1. The Hall–Kier alpha value is -2.00. The molecule has 1 amide bonds. The van der Waals surface area contributed by atoms with Crippen LogP contribution in [0.1, 0.15) is 62.9 Å². The number of benzene rings is 2. The van der Waals surface area contributed by atoms with E-state index < -0.39 is 6.10 Å². The number of carbonyl (C=O) groups is 1. The maximum Gasteiger partial charge on any atom is 0.261 e. The Morgan fingerprint density at radius 2 is 1.56 bits per heavy atom. The molecule has 27 heavy (non-hydrogen) atoms. The molecule has 4 heteroatoms. The maximum absolute atomic E-state index is 12.5. The van der Waals surface area contributed by atoms with Gasteiger partial charge in [0.05, 0.1) is 6.04 Å². The van der Waals surface area contributed by atoms with Crippen molar-refractivity contribution in [2.45, 2.75) is 66.0 Å². The zero-order valence-corrected chi connectivity index (χ0v) is 18.1. The maximum atomic E-state index is 12.5. The summed E-state index contributed by atoms with van der Waals surface area (Å²) in [6, 6.07) is 12.0. The van der Waals surface area contributed by atoms with E-state index in [2.05, 4.69) is 50.4 Å². The fraction of sp³-hybridized carbons (Fsp3) is 0.435. The number of hydrogen-bond acceptors (Lipinski definition) is 2. The van der Waals surface area contributed by atoms with E-state index in [9.17, 15) is 4.79 Å². The molecule has 0 aliphatic carbocycles. The van der Waals surface area contributed by atoms with Crippen LogP contribution in [0.15, 0.2) is 36.4 Å². The predicted octanol–water partition coefficient (Wildman–Crippen LogP) is 5.90. The van der Waals surface area contributed by atoms with Crippen molar-refractivity contribution >= 4 is 17.5 Å². The summed E-state index contributed by atoms with van der Waals surface area (Å²) in [7, 11) is 0. The lowest BCUT2D eigenvalue weighted by Crippen LogP contribution is -2.37. The molecule has 1 N–H and O–H groups in total. The van der Waals surface area contributed by atoms with Crippen molar-refractivity contribution in [2.24, 2.45) is 0 Å². The first-order valence-electron chi connectivity index (χ1n) is 9.33. The Bertz CT molecular complexity index is 783. The van der Waals surface area contributed by atoms with Gasteiger partial charge in [-0.25, -0.2) is 0 Å². The number of rotatable bonds is 5. The second-order valence-corrected chi connectivity index (χ2v) is 8.61. The van der Waals surface area contributed by atoms with Gasteiger partial charge in [0.15, 0.2) is 6.10 Å².